The van der Waals surface area contributed by atoms with Crippen molar-refractivity contribution < 1.29 is 9.90 Å². The van der Waals surface area contributed by atoms with Crippen molar-refractivity contribution >= 4 is 12.2 Å². The van der Waals surface area contributed by atoms with E-state index in [4.69, 9.17) is 5.11 Å². The quantitative estimate of drug-likeness (QED) is 0.765. The molecule has 1 heterocycles. The standard InChI is InChI=1S/C9H12N2O2/c1-3-8(9(12)13)7-5-10-11(4-2)6-7/h4-6,8H,2-3H2,1H3,(H,12,13). The number of aromatic nitrogens is 2. The third kappa shape index (κ3) is 1.96. The SMILES string of the molecule is C=Cn1cc(C(CC)C(=O)O)cn1. The monoisotopic (exact) mass is 180 g/mol. The van der Waals surface area contributed by atoms with E-state index >= 15 is 0 Å². The highest BCUT2D eigenvalue weighted by molar-refractivity contribution is 5.75. The highest BCUT2D eigenvalue weighted by atomic mass is 16.4. The molecule has 1 atom stereocenters. The molecule has 1 N–H and O–H groups in total. The zero-order valence-electron chi connectivity index (χ0n) is 7.47. The van der Waals surface area contributed by atoms with Crippen LogP contribution in [0, 0.1) is 0 Å². The number of aliphatic carboxylic acids is 1. The number of carbonyl (C=O) groups is 1. The van der Waals surface area contributed by atoms with E-state index in [0.717, 1.165) is 5.56 Å². The molecule has 70 valence electrons. The van der Waals surface area contributed by atoms with Crippen LogP contribution in [-0.2, 0) is 4.79 Å². The summed E-state index contributed by atoms with van der Waals surface area (Å²) in [5.74, 6) is -1.28. The van der Waals surface area contributed by atoms with E-state index in [1.165, 1.54) is 10.9 Å². The van der Waals surface area contributed by atoms with Gasteiger partial charge in [-0.2, -0.15) is 5.10 Å². The Balaban J connectivity index is 2.91. The van der Waals surface area contributed by atoms with E-state index in [0.29, 0.717) is 6.42 Å². The van der Waals surface area contributed by atoms with Crippen LogP contribution in [-0.4, -0.2) is 20.9 Å². The highest BCUT2D eigenvalue weighted by Crippen LogP contribution is 2.18. The summed E-state index contributed by atoms with van der Waals surface area (Å²) in [4.78, 5) is 10.8. The lowest BCUT2D eigenvalue weighted by atomic mass is 10.0. The van der Waals surface area contributed by atoms with Crippen LogP contribution in [0.5, 0.6) is 0 Å². The number of hydrogen-bond donors (Lipinski definition) is 1. The number of rotatable bonds is 4. The molecular weight excluding hydrogens is 168 g/mol. The lowest BCUT2D eigenvalue weighted by molar-refractivity contribution is -0.138. The topological polar surface area (TPSA) is 55.1 Å². The maximum Gasteiger partial charge on any atom is 0.311 e. The highest BCUT2D eigenvalue weighted by Gasteiger charge is 2.18. The van der Waals surface area contributed by atoms with Crippen LogP contribution >= 0.6 is 0 Å². The third-order valence-electron chi connectivity index (χ3n) is 1.92. The maximum atomic E-state index is 10.8. The van der Waals surface area contributed by atoms with Crippen molar-refractivity contribution in [2.45, 2.75) is 19.3 Å². The van der Waals surface area contributed by atoms with Crippen molar-refractivity contribution in [2.75, 3.05) is 0 Å². The summed E-state index contributed by atoms with van der Waals surface area (Å²) < 4.78 is 1.50. The Hall–Kier alpha value is -1.58. The molecule has 0 saturated carbocycles. The molecule has 0 spiro atoms. The van der Waals surface area contributed by atoms with Gasteiger partial charge in [-0.25, -0.2) is 4.68 Å². The van der Waals surface area contributed by atoms with Crippen molar-refractivity contribution in [3.05, 3.63) is 24.5 Å². The number of carboxylic acids is 1. The summed E-state index contributed by atoms with van der Waals surface area (Å²) in [6.07, 6.45) is 5.33. The summed E-state index contributed by atoms with van der Waals surface area (Å²) in [6.45, 7) is 5.36. The molecule has 4 nitrogen and oxygen atoms in total. The fraction of sp³-hybridized carbons (Fsp3) is 0.333. The van der Waals surface area contributed by atoms with Gasteiger partial charge in [0.2, 0.25) is 0 Å². The molecule has 4 heteroatoms. The summed E-state index contributed by atoms with van der Waals surface area (Å²) in [7, 11) is 0. The van der Waals surface area contributed by atoms with Crippen LogP contribution in [0.15, 0.2) is 19.0 Å². The molecule has 0 radical (unpaired) electrons. The minimum atomic E-state index is -0.814. The average molecular weight is 180 g/mol. The van der Waals surface area contributed by atoms with E-state index in [9.17, 15) is 4.79 Å². The molecule has 0 amide bonds. The molecule has 0 aliphatic carbocycles. The maximum absolute atomic E-state index is 10.8. The second kappa shape index (κ2) is 3.89. The van der Waals surface area contributed by atoms with Crippen molar-refractivity contribution in [3.63, 3.8) is 0 Å². The molecular formula is C9H12N2O2. The fourth-order valence-corrected chi connectivity index (χ4v) is 1.19. The largest absolute Gasteiger partial charge is 0.481 e. The number of carboxylic acid groups (broad SMARTS) is 1. The zero-order valence-corrected chi connectivity index (χ0v) is 7.47. The van der Waals surface area contributed by atoms with Crippen LogP contribution in [0.4, 0.5) is 0 Å². The van der Waals surface area contributed by atoms with Crippen molar-refractivity contribution in [2.24, 2.45) is 0 Å². The van der Waals surface area contributed by atoms with Crippen molar-refractivity contribution in [1.29, 1.82) is 0 Å². The molecule has 1 unspecified atom stereocenters. The average Bonchev–Trinajstić information content (AvgIpc) is 2.53. The first-order chi connectivity index (χ1) is 6.19. The van der Waals surface area contributed by atoms with Crippen LogP contribution in [0.25, 0.3) is 6.20 Å². The molecule has 1 aromatic rings. The molecule has 0 aliphatic rings. The minimum absolute atomic E-state index is 0.464. The molecule has 1 rings (SSSR count). The van der Waals surface area contributed by atoms with E-state index in [-0.39, 0.29) is 0 Å². The predicted molar refractivity (Wildman–Crippen MR) is 49.3 cm³/mol. The first kappa shape index (κ1) is 9.51. The van der Waals surface area contributed by atoms with Gasteiger partial charge in [0.05, 0.1) is 12.1 Å². The molecule has 13 heavy (non-hydrogen) atoms. The molecule has 0 aromatic carbocycles. The lowest BCUT2D eigenvalue weighted by Gasteiger charge is -2.04. The van der Waals surface area contributed by atoms with Gasteiger partial charge in [0.25, 0.3) is 0 Å². The smallest absolute Gasteiger partial charge is 0.311 e. The lowest BCUT2D eigenvalue weighted by Crippen LogP contribution is -2.09. The second-order valence-electron chi connectivity index (χ2n) is 2.74. The van der Waals surface area contributed by atoms with Gasteiger partial charge in [0, 0.05) is 18.0 Å². The molecule has 0 bridgehead atoms. The van der Waals surface area contributed by atoms with Gasteiger partial charge in [-0.15, -0.1) is 0 Å². The molecule has 1 aromatic heterocycles. The Morgan fingerprint density at radius 2 is 2.62 bits per heavy atom. The normalized spacial score (nSPS) is 12.4. The Morgan fingerprint density at radius 3 is 3.00 bits per heavy atom. The van der Waals surface area contributed by atoms with E-state index in [2.05, 4.69) is 11.7 Å². The zero-order chi connectivity index (χ0) is 9.84. The first-order valence-electron chi connectivity index (χ1n) is 4.08. The van der Waals surface area contributed by atoms with Crippen molar-refractivity contribution in [1.82, 2.24) is 9.78 Å². The van der Waals surface area contributed by atoms with Gasteiger partial charge >= 0.3 is 5.97 Å². The first-order valence-corrected chi connectivity index (χ1v) is 4.08. The van der Waals surface area contributed by atoms with Gasteiger partial charge < -0.3 is 5.11 Å². The van der Waals surface area contributed by atoms with Gasteiger partial charge in [0.1, 0.15) is 0 Å². The fourth-order valence-electron chi connectivity index (χ4n) is 1.19. The Bertz CT molecular complexity index is 317. The molecule has 0 fully saturated rings. The van der Waals surface area contributed by atoms with Crippen molar-refractivity contribution in [3.8, 4) is 0 Å². The van der Waals surface area contributed by atoms with E-state index in [1.54, 1.807) is 12.4 Å². The Kier molecular flexibility index (Phi) is 2.84. The Morgan fingerprint density at radius 1 is 1.92 bits per heavy atom. The van der Waals surface area contributed by atoms with Gasteiger partial charge in [-0.1, -0.05) is 13.5 Å². The van der Waals surface area contributed by atoms with Crippen LogP contribution < -0.4 is 0 Å². The number of hydrogen-bond acceptors (Lipinski definition) is 2. The summed E-state index contributed by atoms with van der Waals surface area (Å²) in [5, 5.41) is 12.8. The summed E-state index contributed by atoms with van der Waals surface area (Å²) in [5.41, 5.74) is 0.718. The molecule has 0 saturated heterocycles. The summed E-state index contributed by atoms with van der Waals surface area (Å²) >= 11 is 0. The third-order valence-corrected chi connectivity index (χ3v) is 1.92. The minimum Gasteiger partial charge on any atom is -0.481 e. The molecule has 0 aliphatic heterocycles. The van der Waals surface area contributed by atoms with Crippen LogP contribution in [0.2, 0.25) is 0 Å². The van der Waals surface area contributed by atoms with Gasteiger partial charge in [-0.05, 0) is 6.42 Å². The van der Waals surface area contributed by atoms with E-state index in [1.807, 2.05) is 6.92 Å². The number of nitrogens with zero attached hydrogens (tertiary/aromatic N) is 2. The summed E-state index contributed by atoms with van der Waals surface area (Å²) in [6, 6.07) is 0. The second-order valence-corrected chi connectivity index (χ2v) is 2.74. The predicted octanol–water partition coefficient (Wildman–Crippen LogP) is 1.56. The van der Waals surface area contributed by atoms with Crippen LogP contribution in [0.1, 0.15) is 24.8 Å². The van der Waals surface area contributed by atoms with Gasteiger partial charge in [0.15, 0.2) is 0 Å². The van der Waals surface area contributed by atoms with E-state index < -0.39 is 11.9 Å². The Labute approximate surface area is 76.5 Å². The van der Waals surface area contributed by atoms with Crippen LogP contribution in [0.3, 0.4) is 0 Å². The van der Waals surface area contributed by atoms with Gasteiger partial charge in [-0.3, -0.25) is 4.79 Å².